The number of ether oxygens (including phenoxy) is 1. The number of piperidine rings is 1. The standard InChI is InChI=1S/C24H36N2O2/c1-2-26-17-18-28-22-9-4-3-7-21(22)8-5-6-12-24(23(26)27)13-15-25(16-14-24)19-20-10-11-20/h3-4,7,9,20H,2,5-6,8,10-19H2,1H3. The van der Waals surface area contributed by atoms with E-state index in [9.17, 15) is 4.79 Å². The van der Waals surface area contributed by atoms with Crippen molar-refractivity contribution in [1.29, 1.82) is 0 Å². The molecule has 1 spiro atoms. The second-order valence-corrected chi connectivity index (χ2v) is 9.07. The molecule has 2 fully saturated rings. The number of likely N-dealkylation sites (tertiary alicyclic amines) is 1. The van der Waals surface area contributed by atoms with Crippen LogP contribution in [0.25, 0.3) is 0 Å². The van der Waals surface area contributed by atoms with Gasteiger partial charge in [0.15, 0.2) is 0 Å². The van der Waals surface area contributed by atoms with Crippen LogP contribution in [0.3, 0.4) is 0 Å². The summed E-state index contributed by atoms with van der Waals surface area (Å²) in [5.41, 5.74) is 1.17. The second-order valence-electron chi connectivity index (χ2n) is 9.07. The number of hydrogen-bond donors (Lipinski definition) is 0. The van der Waals surface area contributed by atoms with E-state index in [1.165, 1.54) is 24.9 Å². The molecule has 1 aromatic carbocycles. The van der Waals surface area contributed by atoms with Crippen LogP contribution >= 0.6 is 0 Å². The van der Waals surface area contributed by atoms with Crippen LogP contribution in [-0.2, 0) is 11.2 Å². The summed E-state index contributed by atoms with van der Waals surface area (Å²) in [6.45, 7) is 7.60. The normalized spacial score (nSPS) is 24.2. The molecule has 0 radical (unpaired) electrons. The minimum atomic E-state index is -0.144. The van der Waals surface area contributed by atoms with Crippen molar-refractivity contribution in [3.05, 3.63) is 29.8 Å². The van der Waals surface area contributed by atoms with E-state index < -0.39 is 0 Å². The van der Waals surface area contributed by atoms with Gasteiger partial charge in [0.05, 0.1) is 12.0 Å². The van der Waals surface area contributed by atoms with Crippen LogP contribution in [-0.4, -0.2) is 55.0 Å². The number of carbonyl (C=O) groups excluding carboxylic acids is 1. The number of para-hydroxylation sites is 1. The Morgan fingerprint density at radius 2 is 1.86 bits per heavy atom. The van der Waals surface area contributed by atoms with Gasteiger partial charge in [0.2, 0.25) is 5.91 Å². The monoisotopic (exact) mass is 384 g/mol. The number of carbonyl (C=O) groups is 1. The highest BCUT2D eigenvalue weighted by Crippen LogP contribution is 2.40. The van der Waals surface area contributed by atoms with Gasteiger partial charge in [-0.2, -0.15) is 0 Å². The molecule has 4 heteroatoms. The van der Waals surface area contributed by atoms with E-state index in [-0.39, 0.29) is 5.41 Å². The minimum Gasteiger partial charge on any atom is -0.491 e. The van der Waals surface area contributed by atoms with Crippen molar-refractivity contribution >= 4 is 5.91 Å². The molecule has 0 bridgehead atoms. The Morgan fingerprint density at radius 3 is 2.61 bits per heavy atom. The summed E-state index contributed by atoms with van der Waals surface area (Å²) >= 11 is 0. The lowest BCUT2D eigenvalue weighted by molar-refractivity contribution is -0.146. The Bertz CT molecular complexity index is 662. The maximum Gasteiger partial charge on any atom is 0.228 e. The number of hydrogen-bond acceptors (Lipinski definition) is 3. The summed E-state index contributed by atoms with van der Waals surface area (Å²) < 4.78 is 6.08. The molecule has 1 aliphatic carbocycles. The van der Waals surface area contributed by atoms with Crippen molar-refractivity contribution < 1.29 is 9.53 Å². The molecule has 1 saturated heterocycles. The first-order valence-electron chi connectivity index (χ1n) is 11.4. The molecule has 0 N–H and O–H groups in total. The van der Waals surface area contributed by atoms with E-state index in [1.807, 2.05) is 6.07 Å². The fourth-order valence-corrected chi connectivity index (χ4v) is 5.03. The SMILES string of the molecule is CCN1CCOc2ccccc2CCCCC2(CCN(CC3CC3)CC2)C1=O. The number of aryl methyl sites for hydroxylation is 1. The molecule has 4 rings (SSSR count). The zero-order valence-corrected chi connectivity index (χ0v) is 17.5. The molecular weight excluding hydrogens is 348 g/mol. The largest absolute Gasteiger partial charge is 0.491 e. The zero-order chi connectivity index (χ0) is 19.4. The van der Waals surface area contributed by atoms with Crippen LogP contribution in [0.2, 0.25) is 0 Å². The predicted octanol–water partition coefficient (Wildman–Crippen LogP) is 4.13. The van der Waals surface area contributed by atoms with Gasteiger partial charge in [-0.05, 0) is 82.5 Å². The molecular formula is C24H36N2O2. The number of benzene rings is 1. The molecule has 1 aromatic rings. The summed E-state index contributed by atoms with van der Waals surface area (Å²) in [4.78, 5) is 18.3. The third-order valence-corrected chi connectivity index (χ3v) is 7.09. The Balaban J connectivity index is 1.47. The first kappa shape index (κ1) is 19.8. The van der Waals surface area contributed by atoms with Crippen molar-refractivity contribution in [2.24, 2.45) is 11.3 Å². The molecule has 4 nitrogen and oxygen atoms in total. The maximum atomic E-state index is 13.6. The molecule has 0 aromatic heterocycles. The summed E-state index contributed by atoms with van der Waals surface area (Å²) in [7, 11) is 0. The van der Waals surface area contributed by atoms with Crippen molar-refractivity contribution in [3.8, 4) is 5.75 Å². The molecule has 154 valence electrons. The Kier molecular flexibility index (Phi) is 6.25. The van der Waals surface area contributed by atoms with Crippen LogP contribution in [0.1, 0.15) is 57.4 Å². The quantitative estimate of drug-likeness (QED) is 0.785. The number of rotatable bonds is 3. The van der Waals surface area contributed by atoms with Gasteiger partial charge in [0.25, 0.3) is 0 Å². The highest BCUT2D eigenvalue weighted by molar-refractivity contribution is 5.83. The smallest absolute Gasteiger partial charge is 0.228 e. The number of likely N-dealkylation sites (N-methyl/N-ethyl adjacent to an activating group) is 1. The molecule has 1 amide bonds. The van der Waals surface area contributed by atoms with Gasteiger partial charge in [-0.3, -0.25) is 4.79 Å². The van der Waals surface area contributed by atoms with Crippen LogP contribution in [0.15, 0.2) is 24.3 Å². The molecule has 0 unspecified atom stereocenters. The van der Waals surface area contributed by atoms with Gasteiger partial charge < -0.3 is 14.5 Å². The third kappa shape index (κ3) is 4.53. The topological polar surface area (TPSA) is 32.8 Å². The fourth-order valence-electron chi connectivity index (χ4n) is 5.03. The van der Waals surface area contributed by atoms with Crippen molar-refractivity contribution in [1.82, 2.24) is 9.80 Å². The van der Waals surface area contributed by atoms with E-state index in [0.29, 0.717) is 19.1 Å². The van der Waals surface area contributed by atoms with E-state index in [2.05, 4.69) is 34.9 Å². The van der Waals surface area contributed by atoms with E-state index in [1.54, 1.807) is 0 Å². The summed E-state index contributed by atoms with van der Waals surface area (Å²) in [6.07, 6.45) is 9.23. The minimum absolute atomic E-state index is 0.144. The van der Waals surface area contributed by atoms with Gasteiger partial charge in [-0.1, -0.05) is 24.6 Å². The lowest BCUT2D eigenvalue weighted by atomic mass is 9.73. The molecule has 3 aliphatic rings. The van der Waals surface area contributed by atoms with E-state index in [4.69, 9.17) is 4.74 Å². The van der Waals surface area contributed by atoms with Gasteiger partial charge >= 0.3 is 0 Å². The maximum absolute atomic E-state index is 13.6. The van der Waals surface area contributed by atoms with E-state index in [0.717, 1.165) is 69.8 Å². The number of fused-ring (bicyclic) bond motifs is 1. The van der Waals surface area contributed by atoms with Crippen LogP contribution < -0.4 is 4.74 Å². The van der Waals surface area contributed by atoms with Gasteiger partial charge in [0.1, 0.15) is 12.4 Å². The number of nitrogens with zero attached hydrogens (tertiary/aromatic N) is 2. The van der Waals surface area contributed by atoms with Crippen LogP contribution in [0, 0.1) is 11.3 Å². The molecule has 1 saturated carbocycles. The van der Waals surface area contributed by atoms with Crippen LogP contribution in [0.5, 0.6) is 5.75 Å². The molecule has 0 atom stereocenters. The van der Waals surface area contributed by atoms with Crippen molar-refractivity contribution in [3.63, 3.8) is 0 Å². The fraction of sp³-hybridized carbons (Fsp3) is 0.708. The predicted molar refractivity (Wildman–Crippen MR) is 113 cm³/mol. The molecule has 2 aliphatic heterocycles. The molecule has 2 heterocycles. The summed E-state index contributed by atoms with van der Waals surface area (Å²) in [6, 6.07) is 8.40. The molecule has 28 heavy (non-hydrogen) atoms. The van der Waals surface area contributed by atoms with Crippen LogP contribution in [0.4, 0.5) is 0 Å². The van der Waals surface area contributed by atoms with Gasteiger partial charge in [-0.25, -0.2) is 0 Å². The average Bonchev–Trinajstić information content (AvgIpc) is 3.54. The summed E-state index contributed by atoms with van der Waals surface area (Å²) in [5.74, 6) is 2.32. The second kappa shape index (κ2) is 8.86. The zero-order valence-electron chi connectivity index (χ0n) is 17.5. The van der Waals surface area contributed by atoms with Gasteiger partial charge in [0, 0.05) is 13.1 Å². The number of amides is 1. The first-order valence-corrected chi connectivity index (χ1v) is 11.4. The highest BCUT2D eigenvalue weighted by Gasteiger charge is 2.43. The average molecular weight is 385 g/mol. The highest BCUT2D eigenvalue weighted by atomic mass is 16.5. The Hall–Kier alpha value is -1.55. The Labute approximate surface area is 170 Å². The van der Waals surface area contributed by atoms with Crippen molar-refractivity contribution in [2.45, 2.75) is 58.3 Å². The third-order valence-electron chi connectivity index (χ3n) is 7.09. The van der Waals surface area contributed by atoms with Crippen molar-refractivity contribution in [2.75, 3.05) is 39.3 Å². The summed E-state index contributed by atoms with van der Waals surface area (Å²) in [5, 5.41) is 0. The Morgan fingerprint density at radius 1 is 1.07 bits per heavy atom. The first-order chi connectivity index (χ1) is 13.7. The lowest BCUT2D eigenvalue weighted by Gasteiger charge is -2.43. The lowest BCUT2D eigenvalue weighted by Crippen LogP contribution is -2.51. The van der Waals surface area contributed by atoms with E-state index >= 15 is 0 Å². The van der Waals surface area contributed by atoms with Gasteiger partial charge in [-0.15, -0.1) is 0 Å².